The second kappa shape index (κ2) is 6.00. The van der Waals surface area contributed by atoms with Crippen molar-refractivity contribution >= 4 is 22.5 Å². The first-order valence-corrected chi connectivity index (χ1v) is 8.40. The summed E-state index contributed by atoms with van der Waals surface area (Å²) < 4.78 is 1.55. The van der Waals surface area contributed by atoms with Gasteiger partial charge in [0.05, 0.1) is 33.9 Å². The van der Waals surface area contributed by atoms with Gasteiger partial charge in [-0.25, -0.2) is 4.98 Å². The molecule has 122 valence electrons. The van der Waals surface area contributed by atoms with Gasteiger partial charge in [0.25, 0.3) is 5.56 Å². The Morgan fingerprint density at radius 1 is 1.29 bits per heavy atom. The van der Waals surface area contributed by atoms with E-state index < -0.39 is 0 Å². The maximum atomic E-state index is 13.1. The van der Waals surface area contributed by atoms with E-state index in [0.29, 0.717) is 33.4 Å². The number of rotatable bonds is 4. The molecule has 0 bridgehead atoms. The summed E-state index contributed by atoms with van der Waals surface area (Å²) in [4.78, 5) is 21.9. The van der Waals surface area contributed by atoms with Crippen LogP contribution >= 0.6 is 11.6 Å². The van der Waals surface area contributed by atoms with E-state index in [9.17, 15) is 4.79 Å². The number of aromatic nitrogens is 3. The second-order valence-corrected chi connectivity index (χ2v) is 6.65. The van der Waals surface area contributed by atoms with Crippen LogP contribution in [0, 0.1) is 5.92 Å². The molecule has 2 heterocycles. The van der Waals surface area contributed by atoms with Crippen LogP contribution in [0.25, 0.3) is 16.6 Å². The molecule has 2 aromatic heterocycles. The summed E-state index contributed by atoms with van der Waals surface area (Å²) in [6, 6.07) is 8.60. The molecule has 5 nitrogen and oxygen atoms in total. The number of nitrogens with two attached hydrogens (primary N) is 1. The lowest BCUT2D eigenvalue weighted by Gasteiger charge is -2.18. The standard InChI is InChI=1S/C18H17ClN4O/c19-13-4-1-5-15-16(13)18(24)23(12-3-2-8-21-10-12)17(22-15)14(20)9-11-6-7-11/h1-5,8,10-11,14H,6-7,9,20H2. The van der Waals surface area contributed by atoms with Crippen LogP contribution < -0.4 is 11.3 Å². The number of hydrogen-bond donors (Lipinski definition) is 1. The van der Waals surface area contributed by atoms with Crippen molar-refractivity contribution in [3.05, 3.63) is 63.9 Å². The highest BCUT2D eigenvalue weighted by Gasteiger charge is 2.27. The predicted molar refractivity (Wildman–Crippen MR) is 94.4 cm³/mol. The summed E-state index contributed by atoms with van der Waals surface area (Å²) in [7, 11) is 0. The molecule has 0 spiro atoms. The Balaban J connectivity index is 1.99. The average Bonchev–Trinajstić information content (AvgIpc) is 3.39. The van der Waals surface area contributed by atoms with Crippen LogP contribution in [-0.2, 0) is 0 Å². The smallest absolute Gasteiger partial charge is 0.267 e. The van der Waals surface area contributed by atoms with Crippen molar-refractivity contribution < 1.29 is 0 Å². The van der Waals surface area contributed by atoms with Crippen molar-refractivity contribution in [2.24, 2.45) is 11.7 Å². The first-order valence-electron chi connectivity index (χ1n) is 8.02. The highest BCUT2D eigenvalue weighted by Crippen LogP contribution is 2.36. The van der Waals surface area contributed by atoms with E-state index in [1.165, 1.54) is 12.8 Å². The Hall–Kier alpha value is -2.24. The Bertz CT molecular complexity index is 950. The fourth-order valence-electron chi connectivity index (χ4n) is 3.01. The van der Waals surface area contributed by atoms with Gasteiger partial charge in [0.15, 0.2) is 0 Å². The fourth-order valence-corrected chi connectivity index (χ4v) is 3.26. The molecule has 0 radical (unpaired) electrons. The third-order valence-electron chi connectivity index (χ3n) is 4.39. The molecule has 4 rings (SSSR count). The van der Waals surface area contributed by atoms with E-state index in [1.54, 1.807) is 41.2 Å². The number of halogens is 1. The molecular weight excluding hydrogens is 324 g/mol. The van der Waals surface area contributed by atoms with Crippen LogP contribution in [0.2, 0.25) is 5.02 Å². The molecule has 1 unspecified atom stereocenters. The largest absolute Gasteiger partial charge is 0.321 e. The molecule has 1 saturated carbocycles. The van der Waals surface area contributed by atoms with Crippen molar-refractivity contribution in [1.29, 1.82) is 0 Å². The van der Waals surface area contributed by atoms with E-state index >= 15 is 0 Å². The molecule has 24 heavy (non-hydrogen) atoms. The highest BCUT2D eigenvalue weighted by atomic mass is 35.5. The molecule has 1 aliphatic carbocycles. The molecule has 0 saturated heterocycles. The normalized spacial score (nSPS) is 15.6. The van der Waals surface area contributed by atoms with Gasteiger partial charge in [-0.15, -0.1) is 0 Å². The van der Waals surface area contributed by atoms with Gasteiger partial charge in [0, 0.05) is 6.20 Å². The van der Waals surface area contributed by atoms with E-state index in [4.69, 9.17) is 17.3 Å². The highest BCUT2D eigenvalue weighted by molar-refractivity contribution is 6.35. The van der Waals surface area contributed by atoms with Gasteiger partial charge in [0.1, 0.15) is 5.82 Å². The van der Waals surface area contributed by atoms with Crippen LogP contribution in [0.4, 0.5) is 0 Å². The van der Waals surface area contributed by atoms with E-state index in [1.807, 2.05) is 6.07 Å². The molecule has 1 aliphatic rings. The number of fused-ring (bicyclic) bond motifs is 1. The average molecular weight is 341 g/mol. The molecule has 6 heteroatoms. The summed E-state index contributed by atoms with van der Waals surface area (Å²) in [5.74, 6) is 1.20. The molecule has 1 atom stereocenters. The summed E-state index contributed by atoms with van der Waals surface area (Å²) in [5, 5.41) is 0.801. The van der Waals surface area contributed by atoms with E-state index in [-0.39, 0.29) is 11.6 Å². The number of nitrogens with zero attached hydrogens (tertiary/aromatic N) is 3. The lowest BCUT2D eigenvalue weighted by atomic mass is 10.1. The third-order valence-corrected chi connectivity index (χ3v) is 4.71. The number of pyridine rings is 1. The van der Waals surface area contributed by atoms with Gasteiger partial charge < -0.3 is 5.73 Å². The minimum atomic E-state index is -0.297. The van der Waals surface area contributed by atoms with Crippen molar-refractivity contribution in [2.75, 3.05) is 0 Å². The topological polar surface area (TPSA) is 73.8 Å². The lowest BCUT2D eigenvalue weighted by Crippen LogP contribution is -2.29. The SMILES string of the molecule is NC(CC1CC1)c1nc2cccc(Cl)c2c(=O)n1-c1cccnc1. The van der Waals surface area contributed by atoms with Crippen molar-refractivity contribution in [2.45, 2.75) is 25.3 Å². The quantitative estimate of drug-likeness (QED) is 0.791. The first kappa shape index (κ1) is 15.3. The Labute approximate surface area is 144 Å². The maximum Gasteiger partial charge on any atom is 0.267 e. The minimum absolute atomic E-state index is 0.208. The van der Waals surface area contributed by atoms with Crippen LogP contribution in [0.1, 0.15) is 31.1 Å². The summed E-state index contributed by atoms with van der Waals surface area (Å²) in [6.45, 7) is 0. The summed E-state index contributed by atoms with van der Waals surface area (Å²) >= 11 is 6.25. The van der Waals surface area contributed by atoms with Gasteiger partial charge in [-0.3, -0.25) is 14.3 Å². The van der Waals surface area contributed by atoms with Gasteiger partial charge in [-0.05, 0) is 36.6 Å². The molecule has 3 aromatic rings. The third kappa shape index (κ3) is 2.70. The first-order chi connectivity index (χ1) is 11.6. The van der Waals surface area contributed by atoms with Crippen LogP contribution in [0.5, 0.6) is 0 Å². The molecule has 2 N–H and O–H groups in total. The predicted octanol–water partition coefficient (Wildman–Crippen LogP) is 3.23. The Morgan fingerprint density at radius 2 is 2.12 bits per heavy atom. The minimum Gasteiger partial charge on any atom is -0.321 e. The zero-order valence-electron chi connectivity index (χ0n) is 13.0. The van der Waals surface area contributed by atoms with Gasteiger partial charge in [-0.2, -0.15) is 0 Å². The Kier molecular flexibility index (Phi) is 3.82. The lowest BCUT2D eigenvalue weighted by molar-refractivity contribution is 0.553. The summed E-state index contributed by atoms with van der Waals surface area (Å²) in [6.07, 6.45) is 6.53. The maximum absolute atomic E-state index is 13.1. The van der Waals surface area contributed by atoms with Crippen LogP contribution in [0.3, 0.4) is 0 Å². The van der Waals surface area contributed by atoms with Crippen LogP contribution in [-0.4, -0.2) is 14.5 Å². The van der Waals surface area contributed by atoms with Gasteiger partial charge >= 0.3 is 0 Å². The van der Waals surface area contributed by atoms with E-state index in [0.717, 1.165) is 6.42 Å². The fraction of sp³-hybridized carbons (Fsp3) is 0.278. The molecule has 1 aromatic carbocycles. The Morgan fingerprint density at radius 3 is 2.83 bits per heavy atom. The van der Waals surface area contributed by atoms with Crippen LogP contribution in [0.15, 0.2) is 47.5 Å². The van der Waals surface area contributed by atoms with Gasteiger partial charge in [-0.1, -0.05) is 30.5 Å². The van der Waals surface area contributed by atoms with E-state index in [2.05, 4.69) is 9.97 Å². The van der Waals surface area contributed by atoms with Crippen molar-refractivity contribution in [3.63, 3.8) is 0 Å². The molecule has 0 amide bonds. The molecule has 1 fully saturated rings. The molecule has 0 aliphatic heterocycles. The molecular formula is C18H17ClN4O. The number of hydrogen-bond acceptors (Lipinski definition) is 4. The zero-order chi connectivity index (χ0) is 16.7. The van der Waals surface area contributed by atoms with Crippen molar-refractivity contribution in [3.8, 4) is 5.69 Å². The van der Waals surface area contributed by atoms with Gasteiger partial charge in [0.2, 0.25) is 0 Å². The second-order valence-electron chi connectivity index (χ2n) is 6.24. The summed E-state index contributed by atoms with van der Waals surface area (Å²) in [5.41, 5.74) is 7.42. The van der Waals surface area contributed by atoms with Crippen molar-refractivity contribution in [1.82, 2.24) is 14.5 Å². The zero-order valence-corrected chi connectivity index (χ0v) is 13.8. The monoisotopic (exact) mass is 340 g/mol. The number of benzene rings is 1.